The van der Waals surface area contributed by atoms with Crippen molar-refractivity contribution < 1.29 is 14.6 Å². The maximum absolute atomic E-state index is 11.3. The number of aromatic carboxylic acids is 1. The highest BCUT2D eigenvalue weighted by atomic mass is 32.1. The van der Waals surface area contributed by atoms with E-state index in [1.54, 1.807) is 22.9 Å². The summed E-state index contributed by atoms with van der Waals surface area (Å²) in [5.74, 6) is 0.396. The molecule has 0 spiro atoms. The first kappa shape index (κ1) is 21.9. The maximum Gasteiger partial charge on any atom is 0.354 e. The molecule has 1 atom stereocenters. The van der Waals surface area contributed by atoms with Gasteiger partial charge in [-0.25, -0.2) is 19.7 Å². The molecule has 4 heterocycles. The Kier molecular flexibility index (Phi) is 6.12. The third-order valence-corrected chi connectivity index (χ3v) is 6.60. The van der Waals surface area contributed by atoms with Crippen molar-refractivity contribution in [3.8, 4) is 5.75 Å². The first-order valence-corrected chi connectivity index (χ1v) is 11.7. The molecule has 5 rings (SSSR count). The van der Waals surface area contributed by atoms with Gasteiger partial charge in [0.25, 0.3) is 0 Å². The predicted molar refractivity (Wildman–Crippen MR) is 123 cm³/mol. The summed E-state index contributed by atoms with van der Waals surface area (Å²) in [6, 6.07) is 11.0. The van der Waals surface area contributed by atoms with Gasteiger partial charge in [-0.15, -0.1) is 16.4 Å². The van der Waals surface area contributed by atoms with Gasteiger partial charge in [-0.05, 0) is 48.4 Å². The summed E-state index contributed by atoms with van der Waals surface area (Å²) in [6.07, 6.45) is 2.67. The van der Waals surface area contributed by atoms with Crippen molar-refractivity contribution in [1.82, 2.24) is 35.2 Å². The Morgan fingerprint density at radius 3 is 2.68 bits per heavy atom. The number of para-hydroxylation sites is 1. The number of anilines is 1. The van der Waals surface area contributed by atoms with E-state index in [1.807, 2.05) is 40.6 Å². The molecule has 11 nitrogen and oxygen atoms in total. The summed E-state index contributed by atoms with van der Waals surface area (Å²) >= 11 is 1.60. The second kappa shape index (κ2) is 9.51. The van der Waals surface area contributed by atoms with E-state index in [0.29, 0.717) is 17.4 Å². The normalized spacial score (nSPS) is 15.3. The summed E-state index contributed by atoms with van der Waals surface area (Å²) in [6.45, 7) is 3.22. The molecule has 1 N–H and O–H groups in total. The Balaban J connectivity index is 1.30. The molecule has 1 saturated heterocycles. The van der Waals surface area contributed by atoms with Crippen LogP contribution in [0.15, 0.2) is 48.1 Å². The lowest BCUT2D eigenvalue weighted by molar-refractivity contribution is 0.0690. The van der Waals surface area contributed by atoms with Crippen LogP contribution in [-0.4, -0.2) is 59.3 Å². The van der Waals surface area contributed by atoms with Crippen LogP contribution in [0.25, 0.3) is 0 Å². The zero-order chi connectivity index (χ0) is 23.5. The van der Waals surface area contributed by atoms with E-state index < -0.39 is 12.2 Å². The van der Waals surface area contributed by atoms with Gasteiger partial charge in [-0.3, -0.25) is 0 Å². The number of carboxylic acids is 1. The van der Waals surface area contributed by atoms with Gasteiger partial charge in [0.1, 0.15) is 17.8 Å². The summed E-state index contributed by atoms with van der Waals surface area (Å²) < 4.78 is 7.70. The topological polar surface area (TPSA) is 132 Å². The predicted octanol–water partition coefficient (Wildman–Crippen LogP) is 2.94. The quantitative estimate of drug-likeness (QED) is 0.423. The van der Waals surface area contributed by atoms with E-state index in [2.05, 4.69) is 25.5 Å². The van der Waals surface area contributed by atoms with E-state index in [-0.39, 0.29) is 11.6 Å². The van der Waals surface area contributed by atoms with Crippen molar-refractivity contribution in [2.45, 2.75) is 31.9 Å². The third kappa shape index (κ3) is 4.71. The maximum atomic E-state index is 11.3. The fraction of sp³-hybridized carbons (Fsp3) is 0.318. The highest BCUT2D eigenvalue weighted by Crippen LogP contribution is 2.33. The van der Waals surface area contributed by atoms with Gasteiger partial charge < -0.3 is 14.7 Å². The Morgan fingerprint density at radius 2 is 1.97 bits per heavy atom. The number of piperidine rings is 1. The molecule has 1 fully saturated rings. The molecule has 0 amide bonds. The van der Waals surface area contributed by atoms with Crippen LogP contribution >= 0.6 is 11.3 Å². The van der Waals surface area contributed by atoms with Crippen LogP contribution in [0.2, 0.25) is 0 Å². The lowest BCUT2D eigenvalue weighted by Crippen LogP contribution is -2.34. The second-order valence-electron chi connectivity index (χ2n) is 7.94. The van der Waals surface area contributed by atoms with E-state index in [1.165, 1.54) is 12.4 Å². The molecule has 4 aromatic rings. The Morgan fingerprint density at radius 1 is 1.18 bits per heavy atom. The SMILES string of the molecule is Cc1cc(C(=O)O)nc(N2CCC(c3nc(C(Oc4ccccc4)n4cnnn4)cs3)CC2)n1. The Hall–Kier alpha value is -3.93. The third-order valence-electron chi connectivity index (χ3n) is 5.58. The zero-order valence-electron chi connectivity index (χ0n) is 18.4. The number of carboxylic acid groups (broad SMARTS) is 1. The number of aryl methyl sites for hydroxylation is 1. The molecule has 1 aliphatic heterocycles. The van der Waals surface area contributed by atoms with Crippen molar-refractivity contribution in [3.63, 3.8) is 0 Å². The van der Waals surface area contributed by atoms with Crippen molar-refractivity contribution in [1.29, 1.82) is 0 Å². The van der Waals surface area contributed by atoms with Crippen LogP contribution in [0.4, 0.5) is 5.95 Å². The molecule has 0 radical (unpaired) electrons. The summed E-state index contributed by atoms with van der Waals surface area (Å²) in [5, 5.41) is 23.8. The van der Waals surface area contributed by atoms with Crippen molar-refractivity contribution in [2.24, 2.45) is 0 Å². The smallest absolute Gasteiger partial charge is 0.354 e. The second-order valence-corrected chi connectivity index (χ2v) is 8.83. The number of hydrogen-bond acceptors (Lipinski definition) is 10. The molecule has 1 aromatic carbocycles. The van der Waals surface area contributed by atoms with Crippen molar-refractivity contribution in [3.05, 3.63) is 70.2 Å². The molecule has 34 heavy (non-hydrogen) atoms. The molecule has 0 saturated carbocycles. The number of thiazole rings is 1. The number of carbonyl (C=O) groups is 1. The van der Waals surface area contributed by atoms with E-state index in [4.69, 9.17) is 9.72 Å². The molecule has 0 bridgehead atoms. The summed E-state index contributed by atoms with van der Waals surface area (Å²) in [7, 11) is 0. The molecule has 12 heteroatoms. The number of ether oxygens (including phenoxy) is 1. The average molecular weight is 479 g/mol. The van der Waals surface area contributed by atoms with E-state index in [0.717, 1.165) is 36.6 Å². The van der Waals surface area contributed by atoms with Gasteiger partial charge in [0.05, 0.1) is 5.01 Å². The van der Waals surface area contributed by atoms with Gasteiger partial charge in [0.15, 0.2) is 5.69 Å². The van der Waals surface area contributed by atoms with Crippen LogP contribution in [0.3, 0.4) is 0 Å². The Labute approximate surface area is 199 Å². The van der Waals surface area contributed by atoms with Crippen LogP contribution in [0.5, 0.6) is 5.75 Å². The van der Waals surface area contributed by atoms with Crippen LogP contribution in [0, 0.1) is 6.92 Å². The lowest BCUT2D eigenvalue weighted by Gasteiger charge is -2.31. The highest BCUT2D eigenvalue weighted by Gasteiger charge is 2.27. The summed E-state index contributed by atoms with van der Waals surface area (Å²) in [5.41, 5.74) is 1.40. The van der Waals surface area contributed by atoms with Gasteiger partial charge in [-0.1, -0.05) is 18.2 Å². The molecular weight excluding hydrogens is 456 g/mol. The Bertz CT molecular complexity index is 1260. The minimum Gasteiger partial charge on any atom is -0.477 e. The molecule has 0 aliphatic carbocycles. The van der Waals surface area contributed by atoms with E-state index in [9.17, 15) is 9.90 Å². The first-order valence-electron chi connectivity index (χ1n) is 10.8. The largest absolute Gasteiger partial charge is 0.477 e. The highest BCUT2D eigenvalue weighted by molar-refractivity contribution is 7.09. The number of tetrazole rings is 1. The monoisotopic (exact) mass is 478 g/mol. The van der Waals surface area contributed by atoms with E-state index >= 15 is 0 Å². The average Bonchev–Trinajstić information content (AvgIpc) is 3.56. The number of rotatable bonds is 7. The standard InChI is InChI=1S/C22H22N8O3S/c1-14-11-17(21(31)32)26-22(24-14)29-9-7-15(8-10-29)19-25-18(12-34-19)20(30-13-23-27-28-30)33-16-5-3-2-4-6-16/h2-6,11-13,15,20H,7-10H2,1H3,(H,31,32). The fourth-order valence-corrected chi connectivity index (χ4v) is 4.88. The zero-order valence-corrected chi connectivity index (χ0v) is 19.2. The van der Waals surface area contributed by atoms with Gasteiger partial charge in [0.2, 0.25) is 12.2 Å². The summed E-state index contributed by atoms with van der Waals surface area (Å²) in [4.78, 5) is 26.9. The number of nitrogens with zero attached hydrogens (tertiary/aromatic N) is 8. The van der Waals surface area contributed by atoms with Crippen molar-refractivity contribution in [2.75, 3.05) is 18.0 Å². The number of benzene rings is 1. The molecule has 1 aliphatic rings. The minimum atomic E-state index is -1.05. The molecule has 3 aromatic heterocycles. The lowest BCUT2D eigenvalue weighted by atomic mass is 9.98. The molecular formula is C22H22N8O3S. The number of aromatic nitrogens is 7. The first-order chi connectivity index (χ1) is 16.6. The van der Waals surface area contributed by atoms with Crippen LogP contribution in [0.1, 0.15) is 51.9 Å². The molecule has 1 unspecified atom stereocenters. The van der Waals surface area contributed by atoms with Gasteiger partial charge in [-0.2, -0.15) is 4.68 Å². The minimum absolute atomic E-state index is 0.0150. The molecule has 174 valence electrons. The van der Waals surface area contributed by atoms with Crippen LogP contribution in [-0.2, 0) is 0 Å². The van der Waals surface area contributed by atoms with Gasteiger partial charge >= 0.3 is 5.97 Å². The number of hydrogen-bond donors (Lipinski definition) is 1. The van der Waals surface area contributed by atoms with Crippen LogP contribution < -0.4 is 9.64 Å². The fourth-order valence-electron chi connectivity index (χ4n) is 3.89. The van der Waals surface area contributed by atoms with Gasteiger partial charge in [0, 0.05) is 30.1 Å². The van der Waals surface area contributed by atoms with Crippen molar-refractivity contribution >= 4 is 23.3 Å².